The highest BCUT2D eigenvalue weighted by molar-refractivity contribution is 6.30. The summed E-state index contributed by atoms with van der Waals surface area (Å²) < 4.78 is 10.7. The molecule has 0 saturated carbocycles. The van der Waals surface area contributed by atoms with Crippen LogP contribution in [0.4, 0.5) is 16.2 Å². The smallest absolute Gasteiger partial charge is 0.319 e. The van der Waals surface area contributed by atoms with E-state index < -0.39 is 0 Å². The summed E-state index contributed by atoms with van der Waals surface area (Å²) in [6.07, 6.45) is 0.385. The van der Waals surface area contributed by atoms with E-state index in [-0.39, 0.29) is 24.6 Å². The van der Waals surface area contributed by atoms with Crippen LogP contribution in [-0.2, 0) is 4.79 Å². The van der Waals surface area contributed by atoms with Gasteiger partial charge in [-0.25, -0.2) is 4.79 Å². The van der Waals surface area contributed by atoms with Crippen molar-refractivity contribution in [2.45, 2.75) is 6.42 Å². The fourth-order valence-corrected chi connectivity index (χ4v) is 3.29. The number of fused-ring (bicyclic) bond motifs is 1. The molecular weight excluding hydrogens is 370 g/mol. The van der Waals surface area contributed by atoms with Crippen molar-refractivity contribution in [2.75, 3.05) is 30.1 Å². The first-order valence-electron chi connectivity index (χ1n) is 8.59. The van der Waals surface area contributed by atoms with Crippen molar-refractivity contribution in [1.29, 1.82) is 0 Å². The Hall–Kier alpha value is -2.93. The van der Waals surface area contributed by atoms with Gasteiger partial charge in [0.05, 0.1) is 0 Å². The third kappa shape index (κ3) is 3.93. The molecule has 1 saturated heterocycles. The first kappa shape index (κ1) is 17.5. The van der Waals surface area contributed by atoms with Crippen molar-refractivity contribution in [2.24, 2.45) is 5.92 Å². The molecule has 0 radical (unpaired) electrons. The zero-order valence-corrected chi connectivity index (χ0v) is 15.2. The molecule has 1 atom stereocenters. The molecule has 7 nitrogen and oxygen atoms in total. The Bertz CT molecular complexity index is 872. The molecule has 0 aliphatic carbocycles. The predicted molar refractivity (Wildman–Crippen MR) is 101 cm³/mol. The summed E-state index contributed by atoms with van der Waals surface area (Å²) in [5.74, 6) is 1.39. The zero-order valence-electron chi connectivity index (χ0n) is 14.4. The summed E-state index contributed by atoms with van der Waals surface area (Å²) in [5, 5.41) is 6.16. The number of halogens is 1. The lowest BCUT2D eigenvalue weighted by Crippen LogP contribution is -2.34. The average Bonchev–Trinajstić information content (AvgIpc) is 3.27. The standard InChI is InChI=1S/C19H18ClN3O4/c20-13-1-3-14(4-2-13)22-19(25)21-9-12-7-18(24)23(10-12)15-5-6-16-17(8-15)27-11-26-16/h1-6,8,12H,7,9-11H2,(H2,21,22,25)/t12-/m1/s1. The fourth-order valence-electron chi connectivity index (χ4n) is 3.17. The molecule has 140 valence electrons. The summed E-state index contributed by atoms with van der Waals surface area (Å²) in [6.45, 7) is 1.15. The monoisotopic (exact) mass is 387 g/mol. The fraction of sp³-hybridized carbons (Fsp3) is 0.263. The van der Waals surface area contributed by atoms with Gasteiger partial charge >= 0.3 is 6.03 Å². The van der Waals surface area contributed by atoms with Crippen LogP contribution in [0.5, 0.6) is 11.5 Å². The number of carbonyl (C=O) groups excluding carboxylic acids is 2. The van der Waals surface area contributed by atoms with E-state index in [4.69, 9.17) is 21.1 Å². The van der Waals surface area contributed by atoms with Crippen LogP contribution < -0.4 is 25.0 Å². The molecule has 2 heterocycles. The molecule has 8 heteroatoms. The van der Waals surface area contributed by atoms with Gasteiger partial charge in [0.15, 0.2) is 11.5 Å². The minimum atomic E-state index is -0.314. The number of rotatable bonds is 4. The van der Waals surface area contributed by atoms with Crippen LogP contribution in [0.1, 0.15) is 6.42 Å². The lowest BCUT2D eigenvalue weighted by atomic mass is 10.1. The minimum Gasteiger partial charge on any atom is -0.454 e. The highest BCUT2D eigenvalue weighted by atomic mass is 35.5. The molecular formula is C19H18ClN3O4. The molecule has 0 spiro atoms. The summed E-state index contributed by atoms with van der Waals surface area (Å²) >= 11 is 5.82. The molecule has 2 N–H and O–H groups in total. The molecule has 2 aliphatic heterocycles. The molecule has 2 aromatic carbocycles. The van der Waals surface area contributed by atoms with Crippen LogP contribution in [-0.4, -0.2) is 31.8 Å². The maximum atomic E-state index is 12.4. The highest BCUT2D eigenvalue weighted by Crippen LogP contribution is 2.37. The first-order valence-corrected chi connectivity index (χ1v) is 8.97. The number of ether oxygens (including phenoxy) is 2. The Kier molecular flexibility index (Phi) is 4.77. The lowest BCUT2D eigenvalue weighted by molar-refractivity contribution is -0.117. The highest BCUT2D eigenvalue weighted by Gasteiger charge is 2.31. The number of benzene rings is 2. The number of amides is 3. The third-order valence-corrected chi connectivity index (χ3v) is 4.78. The minimum absolute atomic E-state index is 0.0266. The molecule has 27 heavy (non-hydrogen) atoms. The number of anilines is 2. The topological polar surface area (TPSA) is 79.9 Å². The van der Waals surface area contributed by atoms with E-state index in [1.807, 2.05) is 12.1 Å². The number of hydrogen-bond donors (Lipinski definition) is 2. The Labute approximate surface area is 161 Å². The van der Waals surface area contributed by atoms with Crippen molar-refractivity contribution in [3.05, 3.63) is 47.5 Å². The Morgan fingerprint density at radius 1 is 1.15 bits per heavy atom. The van der Waals surface area contributed by atoms with Crippen LogP contribution in [0, 0.1) is 5.92 Å². The molecule has 0 unspecified atom stereocenters. The molecule has 0 aromatic heterocycles. The Balaban J connectivity index is 1.31. The summed E-state index contributed by atoms with van der Waals surface area (Å²) in [7, 11) is 0. The SMILES string of the molecule is O=C(NC[C@H]1CC(=O)N(c2ccc3c(c2)OCO3)C1)Nc1ccc(Cl)cc1. The van der Waals surface area contributed by atoms with Crippen molar-refractivity contribution < 1.29 is 19.1 Å². The van der Waals surface area contributed by atoms with Gasteiger partial charge in [0.1, 0.15) is 0 Å². The normalized spacial score (nSPS) is 17.9. The quantitative estimate of drug-likeness (QED) is 0.844. The van der Waals surface area contributed by atoms with E-state index in [2.05, 4.69) is 10.6 Å². The number of urea groups is 1. The van der Waals surface area contributed by atoms with Crippen LogP contribution in [0.15, 0.2) is 42.5 Å². The first-order chi connectivity index (χ1) is 13.1. The summed E-state index contributed by atoms with van der Waals surface area (Å²) in [4.78, 5) is 26.1. The molecule has 2 aliphatic rings. The molecule has 0 bridgehead atoms. The van der Waals surface area contributed by atoms with Gasteiger partial charge in [0.25, 0.3) is 0 Å². The second kappa shape index (κ2) is 7.36. The third-order valence-electron chi connectivity index (χ3n) is 4.53. The van der Waals surface area contributed by atoms with E-state index in [9.17, 15) is 9.59 Å². The van der Waals surface area contributed by atoms with Gasteiger partial charge in [-0.15, -0.1) is 0 Å². The van der Waals surface area contributed by atoms with Gasteiger partial charge in [-0.1, -0.05) is 11.6 Å². The van der Waals surface area contributed by atoms with Crippen molar-refractivity contribution >= 4 is 34.9 Å². The molecule has 3 amide bonds. The Morgan fingerprint density at radius 3 is 2.74 bits per heavy atom. The van der Waals surface area contributed by atoms with E-state index in [0.717, 1.165) is 5.69 Å². The lowest BCUT2D eigenvalue weighted by Gasteiger charge is -2.17. The van der Waals surface area contributed by atoms with E-state index in [1.165, 1.54) is 0 Å². The Morgan fingerprint density at radius 2 is 1.93 bits per heavy atom. The van der Waals surface area contributed by atoms with Gasteiger partial charge in [-0.3, -0.25) is 4.79 Å². The number of carbonyl (C=O) groups is 2. The van der Waals surface area contributed by atoms with Crippen LogP contribution in [0.2, 0.25) is 5.02 Å². The largest absolute Gasteiger partial charge is 0.454 e. The number of nitrogens with one attached hydrogen (secondary N) is 2. The number of hydrogen-bond acceptors (Lipinski definition) is 4. The molecule has 2 aromatic rings. The van der Waals surface area contributed by atoms with E-state index in [1.54, 1.807) is 35.2 Å². The van der Waals surface area contributed by atoms with E-state index >= 15 is 0 Å². The second-order valence-electron chi connectivity index (χ2n) is 6.45. The maximum absolute atomic E-state index is 12.4. The van der Waals surface area contributed by atoms with Crippen molar-refractivity contribution in [1.82, 2.24) is 5.32 Å². The maximum Gasteiger partial charge on any atom is 0.319 e. The second-order valence-corrected chi connectivity index (χ2v) is 6.89. The van der Waals surface area contributed by atoms with Gasteiger partial charge in [-0.05, 0) is 36.4 Å². The number of nitrogens with zero attached hydrogens (tertiary/aromatic N) is 1. The van der Waals surface area contributed by atoms with E-state index in [0.29, 0.717) is 41.7 Å². The molecule has 4 rings (SSSR count). The molecule has 1 fully saturated rings. The van der Waals surface area contributed by atoms with Crippen LogP contribution in [0.25, 0.3) is 0 Å². The summed E-state index contributed by atoms with van der Waals surface area (Å²) in [5.41, 5.74) is 1.43. The van der Waals surface area contributed by atoms with Crippen LogP contribution in [0.3, 0.4) is 0 Å². The summed E-state index contributed by atoms with van der Waals surface area (Å²) in [6, 6.07) is 12.0. The van der Waals surface area contributed by atoms with Gasteiger partial charge in [0.2, 0.25) is 12.7 Å². The van der Waals surface area contributed by atoms with Gasteiger partial charge < -0.3 is 25.0 Å². The van der Waals surface area contributed by atoms with Crippen molar-refractivity contribution in [3.63, 3.8) is 0 Å². The average molecular weight is 388 g/mol. The van der Waals surface area contributed by atoms with Gasteiger partial charge in [-0.2, -0.15) is 0 Å². The predicted octanol–water partition coefficient (Wildman–Crippen LogP) is 3.24. The van der Waals surface area contributed by atoms with Gasteiger partial charge in [0, 0.05) is 47.9 Å². The van der Waals surface area contributed by atoms with Crippen molar-refractivity contribution in [3.8, 4) is 11.5 Å². The van der Waals surface area contributed by atoms with Crippen LogP contribution >= 0.6 is 11.6 Å². The zero-order chi connectivity index (χ0) is 18.8.